The number of hydrogen-bond donors (Lipinski definition) is 0. The van der Waals surface area contributed by atoms with Gasteiger partial charge in [0.05, 0.1) is 14.7 Å². The lowest BCUT2D eigenvalue weighted by molar-refractivity contribution is -0.395. The Morgan fingerprint density at radius 1 is 0.939 bits per heavy atom. The van der Waals surface area contributed by atoms with Gasteiger partial charge in [0.25, 0.3) is 11.4 Å². The Morgan fingerprint density at radius 3 is 2.00 bits per heavy atom. The number of benzene rings is 1. The molecule has 1 saturated heterocycles. The standard InChI is InChI=1S/C18H18N8O6S/c1-13-15(25(27)28)10-14(11-16(13)26(29)30)33(31,32)24-8-6-22(7-9-24)17-2-3-18(21-20-17)23-5-4-19-12-23/h2-5,10-12H,6-9H2,1H3. The summed E-state index contributed by atoms with van der Waals surface area (Å²) in [6, 6.07) is 5.26. The van der Waals surface area contributed by atoms with Crippen LogP contribution in [0.1, 0.15) is 5.56 Å². The molecule has 3 aromatic rings. The van der Waals surface area contributed by atoms with Crippen molar-refractivity contribution in [2.75, 3.05) is 31.1 Å². The van der Waals surface area contributed by atoms with Crippen molar-refractivity contribution >= 4 is 27.2 Å². The number of nitro benzene ring substituents is 2. The van der Waals surface area contributed by atoms with E-state index in [0.29, 0.717) is 24.7 Å². The van der Waals surface area contributed by atoms with Crippen LogP contribution in [0.2, 0.25) is 0 Å². The Morgan fingerprint density at radius 2 is 1.52 bits per heavy atom. The number of sulfonamides is 1. The summed E-state index contributed by atoms with van der Waals surface area (Å²) in [4.78, 5) is 26.3. The van der Waals surface area contributed by atoms with Gasteiger partial charge >= 0.3 is 0 Å². The van der Waals surface area contributed by atoms with Crippen molar-refractivity contribution in [3.63, 3.8) is 0 Å². The second-order valence-electron chi connectivity index (χ2n) is 7.21. The molecular formula is C18H18N8O6S. The molecule has 1 aliphatic rings. The predicted molar refractivity (Wildman–Crippen MR) is 115 cm³/mol. The lowest BCUT2D eigenvalue weighted by Gasteiger charge is -2.34. The van der Waals surface area contributed by atoms with E-state index in [2.05, 4.69) is 15.2 Å². The molecule has 1 aliphatic heterocycles. The molecule has 0 N–H and O–H groups in total. The molecule has 3 heterocycles. The van der Waals surface area contributed by atoms with Crippen molar-refractivity contribution in [3.8, 4) is 5.82 Å². The maximum atomic E-state index is 13.1. The van der Waals surface area contributed by atoms with Gasteiger partial charge in [-0.25, -0.2) is 13.4 Å². The number of nitro groups is 2. The summed E-state index contributed by atoms with van der Waals surface area (Å²) in [6.07, 6.45) is 4.94. The van der Waals surface area contributed by atoms with Crippen LogP contribution in [0.25, 0.3) is 5.82 Å². The third kappa shape index (κ3) is 4.22. The first-order valence-corrected chi connectivity index (χ1v) is 11.1. The van der Waals surface area contributed by atoms with E-state index in [-0.39, 0.29) is 18.7 Å². The second-order valence-corrected chi connectivity index (χ2v) is 9.15. The maximum Gasteiger partial charge on any atom is 0.280 e. The second kappa shape index (κ2) is 8.51. The van der Waals surface area contributed by atoms with Crippen molar-refractivity contribution in [2.45, 2.75) is 11.8 Å². The summed E-state index contributed by atoms with van der Waals surface area (Å²) in [5, 5.41) is 30.9. The van der Waals surface area contributed by atoms with E-state index >= 15 is 0 Å². The molecule has 0 bridgehead atoms. The first-order chi connectivity index (χ1) is 15.7. The molecular weight excluding hydrogens is 456 g/mol. The van der Waals surface area contributed by atoms with E-state index in [0.717, 1.165) is 16.4 Å². The molecule has 15 heteroatoms. The van der Waals surface area contributed by atoms with E-state index in [4.69, 9.17) is 0 Å². The first-order valence-electron chi connectivity index (χ1n) is 9.69. The Hall–Kier alpha value is -3.98. The van der Waals surface area contributed by atoms with Crippen LogP contribution in [-0.4, -0.2) is 68.5 Å². The van der Waals surface area contributed by atoms with Crippen LogP contribution >= 0.6 is 0 Å². The first kappa shape index (κ1) is 22.2. The lowest BCUT2D eigenvalue weighted by atomic mass is 10.1. The highest BCUT2D eigenvalue weighted by Gasteiger charge is 2.33. The topological polar surface area (TPSA) is 170 Å². The van der Waals surface area contributed by atoms with Gasteiger partial charge < -0.3 is 4.90 Å². The predicted octanol–water partition coefficient (Wildman–Crippen LogP) is 1.30. The minimum absolute atomic E-state index is 0.0722. The number of rotatable bonds is 6. The molecule has 1 fully saturated rings. The number of nitrogens with zero attached hydrogens (tertiary/aromatic N) is 8. The number of hydrogen-bond acceptors (Lipinski definition) is 10. The lowest BCUT2D eigenvalue weighted by Crippen LogP contribution is -2.49. The Labute approximate surface area is 187 Å². The fraction of sp³-hybridized carbons (Fsp3) is 0.278. The third-order valence-electron chi connectivity index (χ3n) is 5.33. The fourth-order valence-corrected chi connectivity index (χ4v) is 4.98. The molecule has 0 amide bonds. The highest BCUT2D eigenvalue weighted by Crippen LogP contribution is 2.33. The molecule has 4 rings (SSSR count). The number of imidazole rings is 1. The van der Waals surface area contributed by atoms with Gasteiger partial charge in [0.15, 0.2) is 11.6 Å². The maximum absolute atomic E-state index is 13.1. The zero-order valence-electron chi connectivity index (χ0n) is 17.3. The van der Waals surface area contributed by atoms with E-state index in [1.54, 1.807) is 35.4 Å². The quantitative estimate of drug-likeness (QED) is 0.374. The van der Waals surface area contributed by atoms with Gasteiger partial charge in [-0.05, 0) is 19.1 Å². The minimum Gasteiger partial charge on any atom is -0.352 e. The highest BCUT2D eigenvalue weighted by molar-refractivity contribution is 7.89. The monoisotopic (exact) mass is 474 g/mol. The fourth-order valence-electron chi connectivity index (χ4n) is 3.51. The SMILES string of the molecule is Cc1c([N+](=O)[O-])cc(S(=O)(=O)N2CCN(c3ccc(-n4ccnc4)nn3)CC2)cc1[N+](=O)[O-]. The smallest absolute Gasteiger partial charge is 0.280 e. The van der Waals surface area contributed by atoms with Crippen LogP contribution in [-0.2, 0) is 10.0 Å². The van der Waals surface area contributed by atoms with Crippen LogP contribution in [0.3, 0.4) is 0 Å². The van der Waals surface area contributed by atoms with Crippen LogP contribution in [0, 0.1) is 27.2 Å². The van der Waals surface area contributed by atoms with Crippen molar-refractivity contribution < 1.29 is 18.3 Å². The van der Waals surface area contributed by atoms with E-state index in [1.807, 2.05) is 4.90 Å². The van der Waals surface area contributed by atoms with Gasteiger partial charge in [-0.1, -0.05) is 0 Å². The van der Waals surface area contributed by atoms with Gasteiger partial charge in [0.1, 0.15) is 11.9 Å². The average Bonchev–Trinajstić information content (AvgIpc) is 3.34. The molecule has 0 unspecified atom stereocenters. The summed E-state index contributed by atoms with van der Waals surface area (Å²) in [5.41, 5.74) is -1.43. The van der Waals surface area contributed by atoms with Crippen molar-refractivity contribution in [3.05, 3.63) is 68.8 Å². The third-order valence-corrected chi connectivity index (χ3v) is 7.20. The van der Waals surface area contributed by atoms with Crippen molar-refractivity contribution in [2.24, 2.45) is 0 Å². The zero-order chi connectivity index (χ0) is 23.8. The summed E-state index contributed by atoms with van der Waals surface area (Å²) >= 11 is 0. The summed E-state index contributed by atoms with van der Waals surface area (Å²) in [5.74, 6) is 1.15. The Bertz CT molecular complexity index is 1270. The van der Waals surface area contributed by atoms with E-state index in [9.17, 15) is 28.6 Å². The van der Waals surface area contributed by atoms with Gasteiger partial charge in [-0.15, -0.1) is 10.2 Å². The zero-order valence-corrected chi connectivity index (χ0v) is 18.1. The number of anilines is 1. The molecule has 0 aliphatic carbocycles. The Balaban J connectivity index is 1.52. The van der Waals surface area contributed by atoms with Gasteiger partial charge in [-0.2, -0.15) is 4.31 Å². The number of piperazine rings is 1. The summed E-state index contributed by atoms with van der Waals surface area (Å²) < 4.78 is 29.0. The van der Waals surface area contributed by atoms with Crippen LogP contribution < -0.4 is 4.90 Å². The molecule has 33 heavy (non-hydrogen) atoms. The Kier molecular flexibility index (Phi) is 5.73. The highest BCUT2D eigenvalue weighted by atomic mass is 32.2. The van der Waals surface area contributed by atoms with Crippen LogP contribution in [0.4, 0.5) is 17.2 Å². The van der Waals surface area contributed by atoms with Gasteiger partial charge in [0.2, 0.25) is 10.0 Å². The molecule has 0 spiro atoms. The summed E-state index contributed by atoms with van der Waals surface area (Å²) in [6.45, 7) is 1.96. The number of aromatic nitrogens is 4. The van der Waals surface area contributed by atoms with Gasteiger partial charge in [0, 0.05) is 50.7 Å². The molecule has 1 aromatic carbocycles. The average molecular weight is 474 g/mol. The van der Waals surface area contributed by atoms with Crippen LogP contribution in [0.15, 0.2) is 47.9 Å². The molecule has 172 valence electrons. The van der Waals surface area contributed by atoms with E-state index in [1.165, 1.54) is 6.92 Å². The van der Waals surface area contributed by atoms with Crippen molar-refractivity contribution in [1.29, 1.82) is 0 Å². The summed E-state index contributed by atoms with van der Waals surface area (Å²) in [7, 11) is -4.18. The van der Waals surface area contributed by atoms with E-state index < -0.39 is 36.1 Å². The molecule has 14 nitrogen and oxygen atoms in total. The molecule has 0 atom stereocenters. The largest absolute Gasteiger partial charge is 0.352 e. The molecule has 2 aromatic heterocycles. The van der Waals surface area contributed by atoms with Crippen molar-refractivity contribution in [1.82, 2.24) is 24.1 Å². The van der Waals surface area contributed by atoms with Gasteiger partial charge in [-0.3, -0.25) is 24.8 Å². The molecule has 0 saturated carbocycles. The molecule has 0 radical (unpaired) electrons. The van der Waals surface area contributed by atoms with Crippen LogP contribution in [0.5, 0.6) is 0 Å². The minimum atomic E-state index is -4.18. The normalized spacial score (nSPS) is 14.9.